The molecule has 1 aromatic carbocycles. The molecule has 2 rings (SSSR count). The maximum Gasteiger partial charge on any atom is 0.248 e. The van der Waals surface area contributed by atoms with Crippen molar-refractivity contribution in [3.8, 4) is 0 Å². The summed E-state index contributed by atoms with van der Waals surface area (Å²) >= 11 is 0. The van der Waals surface area contributed by atoms with E-state index in [0.29, 0.717) is 0 Å². The number of halogens is 2. The first-order chi connectivity index (χ1) is 9.82. The predicted molar refractivity (Wildman–Crippen MR) is 72.1 cm³/mol. The van der Waals surface area contributed by atoms with Crippen LogP contribution in [-0.4, -0.2) is 24.8 Å². The summed E-state index contributed by atoms with van der Waals surface area (Å²) < 4.78 is 51.3. The van der Waals surface area contributed by atoms with Gasteiger partial charge in [0.15, 0.2) is 11.6 Å². The molecule has 0 aliphatic carbocycles. The van der Waals surface area contributed by atoms with Crippen LogP contribution in [0.3, 0.4) is 0 Å². The normalized spacial score (nSPS) is 11.8. The van der Waals surface area contributed by atoms with Crippen LogP contribution in [0.15, 0.2) is 46.3 Å². The molecule has 1 N–H and O–H groups in total. The topological polar surface area (TPSA) is 70.2 Å². The number of hydrogen-bond acceptors (Lipinski definition) is 3. The van der Waals surface area contributed by atoms with Gasteiger partial charge in [0.05, 0.1) is 0 Å². The van der Waals surface area contributed by atoms with Crippen LogP contribution < -0.4 is 5.43 Å². The van der Waals surface area contributed by atoms with Gasteiger partial charge in [0.1, 0.15) is 4.90 Å². The SMILES string of the molecule is CN(Cc1ccc(F)c(F)c1)S(=O)(=O)c1c[nH]ccc1=O. The van der Waals surface area contributed by atoms with E-state index in [-0.39, 0.29) is 12.1 Å². The highest BCUT2D eigenvalue weighted by Gasteiger charge is 2.23. The summed E-state index contributed by atoms with van der Waals surface area (Å²) in [6, 6.07) is 4.20. The highest BCUT2D eigenvalue weighted by Crippen LogP contribution is 2.15. The summed E-state index contributed by atoms with van der Waals surface area (Å²) in [5.41, 5.74) is -0.377. The maximum absolute atomic E-state index is 13.1. The van der Waals surface area contributed by atoms with Gasteiger partial charge in [-0.15, -0.1) is 0 Å². The van der Waals surface area contributed by atoms with Crippen LogP contribution in [0.4, 0.5) is 8.78 Å². The zero-order valence-corrected chi connectivity index (χ0v) is 11.8. The van der Waals surface area contributed by atoms with Gasteiger partial charge < -0.3 is 4.98 Å². The summed E-state index contributed by atoms with van der Waals surface area (Å²) in [5.74, 6) is -2.07. The summed E-state index contributed by atoms with van der Waals surface area (Å²) in [5, 5.41) is 0. The van der Waals surface area contributed by atoms with E-state index in [2.05, 4.69) is 4.98 Å². The second kappa shape index (κ2) is 5.74. The molecule has 8 heteroatoms. The molecular formula is C13H12F2N2O3S. The van der Waals surface area contributed by atoms with Crippen LogP contribution in [0, 0.1) is 11.6 Å². The highest BCUT2D eigenvalue weighted by atomic mass is 32.2. The Hall–Kier alpha value is -2.06. The predicted octanol–water partition coefficient (Wildman–Crippen LogP) is 1.47. The fourth-order valence-electron chi connectivity index (χ4n) is 1.75. The van der Waals surface area contributed by atoms with Crippen LogP contribution >= 0.6 is 0 Å². The van der Waals surface area contributed by atoms with E-state index in [9.17, 15) is 22.0 Å². The molecule has 0 radical (unpaired) electrons. The van der Waals surface area contributed by atoms with Gasteiger partial charge in [-0.25, -0.2) is 17.2 Å². The zero-order valence-electron chi connectivity index (χ0n) is 11.0. The Balaban J connectivity index is 2.31. The Labute approximate surface area is 119 Å². The van der Waals surface area contributed by atoms with Crippen LogP contribution in [-0.2, 0) is 16.6 Å². The summed E-state index contributed by atoms with van der Waals surface area (Å²) in [7, 11) is -2.76. The van der Waals surface area contributed by atoms with E-state index in [1.165, 1.54) is 19.3 Å². The molecule has 0 amide bonds. The quantitative estimate of drug-likeness (QED) is 0.929. The van der Waals surface area contributed by atoms with Gasteiger partial charge in [-0.2, -0.15) is 4.31 Å². The molecule has 0 fully saturated rings. The first kappa shape index (κ1) is 15.3. The van der Waals surface area contributed by atoms with Crippen LogP contribution in [0.2, 0.25) is 0 Å². The molecule has 0 atom stereocenters. The minimum Gasteiger partial charge on any atom is -0.366 e. The molecule has 0 saturated carbocycles. The molecule has 0 bridgehead atoms. The average molecular weight is 314 g/mol. The molecule has 0 aliphatic heterocycles. The molecule has 112 valence electrons. The Kier molecular flexibility index (Phi) is 4.19. The van der Waals surface area contributed by atoms with Gasteiger partial charge in [-0.3, -0.25) is 4.79 Å². The molecule has 0 spiro atoms. The van der Waals surface area contributed by atoms with Crippen LogP contribution in [0.1, 0.15) is 5.56 Å². The van der Waals surface area contributed by atoms with Crippen molar-refractivity contribution in [2.75, 3.05) is 7.05 Å². The monoisotopic (exact) mass is 314 g/mol. The van der Waals surface area contributed by atoms with Gasteiger partial charge in [0.25, 0.3) is 0 Å². The number of benzene rings is 1. The number of pyridine rings is 1. The average Bonchev–Trinajstić information content (AvgIpc) is 2.43. The van der Waals surface area contributed by atoms with Crippen LogP contribution in [0.25, 0.3) is 0 Å². The van der Waals surface area contributed by atoms with Crippen molar-refractivity contribution in [3.05, 3.63) is 64.1 Å². The highest BCUT2D eigenvalue weighted by molar-refractivity contribution is 7.89. The van der Waals surface area contributed by atoms with Crippen molar-refractivity contribution in [3.63, 3.8) is 0 Å². The van der Waals surface area contributed by atoms with Crippen molar-refractivity contribution in [2.24, 2.45) is 0 Å². The molecule has 0 aliphatic rings. The fraction of sp³-hybridized carbons (Fsp3) is 0.154. The Morgan fingerprint density at radius 2 is 1.90 bits per heavy atom. The second-order valence-corrected chi connectivity index (χ2v) is 6.40. The number of rotatable bonds is 4. The molecule has 21 heavy (non-hydrogen) atoms. The second-order valence-electron chi connectivity index (χ2n) is 4.38. The third kappa shape index (κ3) is 3.17. The third-order valence-corrected chi connectivity index (χ3v) is 4.69. The van der Waals surface area contributed by atoms with Gasteiger partial charge in [-0.05, 0) is 17.7 Å². The van der Waals surface area contributed by atoms with Crippen molar-refractivity contribution >= 4 is 10.0 Å². The van der Waals surface area contributed by atoms with E-state index < -0.39 is 32.0 Å². The Bertz CT molecular complexity index is 818. The first-order valence-corrected chi connectivity index (χ1v) is 7.34. The minimum absolute atomic E-state index is 0.187. The lowest BCUT2D eigenvalue weighted by molar-refractivity contribution is 0.461. The van der Waals surface area contributed by atoms with E-state index in [1.54, 1.807) is 0 Å². The number of aromatic nitrogens is 1. The Morgan fingerprint density at radius 3 is 2.52 bits per heavy atom. The number of nitrogens with zero attached hydrogens (tertiary/aromatic N) is 1. The molecule has 1 aromatic heterocycles. The van der Waals surface area contributed by atoms with E-state index in [1.807, 2.05) is 0 Å². The van der Waals surface area contributed by atoms with Crippen LogP contribution in [0.5, 0.6) is 0 Å². The molecule has 1 heterocycles. The van der Waals surface area contributed by atoms with E-state index >= 15 is 0 Å². The van der Waals surface area contributed by atoms with E-state index in [0.717, 1.165) is 28.7 Å². The minimum atomic E-state index is -4.02. The summed E-state index contributed by atoms with van der Waals surface area (Å²) in [6.45, 7) is -0.187. The number of nitrogens with one attached hydrogen (secondary N) is 1. The lowest BCUT2D eigenvalue weighted by atomic mass is 10.2. The molecular weight excluding hydrogens is 302 g/mol. The number of aromatic amines is 1. The fourth-order valence-corrected chi connectivity index (χ4v) is 2.94. The summed E-state index contributed by atoms with van der Waals surface area (Å²) in [4.78, 5) is 13.7. The number of H-pyrrole nitrogens is 1. The number of hydrogen-bond donors (Lipinski definition) is 1. The smallest absolute Gasteiger partial charge is 0.248 e. The zero-order chi connectivity index (χ0) is 15.6. The standard InChI is InChI=1S/C13H12F2N2O3S/c1-17(8-9-2-3-10(14)11(15)6-9)21(19,20)13-7-16-5-4-12(13)18/h2-7H,8H2,1H3,(H,16,18). The van der Waals surface area contributed by atoms with Gasteiger partial charge in [0, 0.05) is 32.1 Å². The largest absolute Gasteiger partial charge is 0.366 e. The molecule has 0 saturated heterocycles. The molecule has 5 nitrogen and oxygen atoms in total. The van der Waals surface area contributed by atoms with Gasteiger partial charge in [0.2, 0.25) is 15.5 Å². The maximum atomic E-state index is 13.1. The Morgan fingerprint density at radius 1 is 1.19 bits per heavy atom. The summed E-state index contributed by atoms with van der Waals surface area (Å²) in [6.07, 6.45) is 2.40. The van der Waals surface area contributed by atoms with Crippen molar-refractivity contribution in [1.29, 1.82) is 0 Å². The van der Waals surface area contributed by atoms with Gasteiger partial charge in [-0.1, -0.05) is 6.07 Å². The van der Waals surface area contributed by atoms with E-state index in [4.69, 9.17) is 0 Å². The molecule has 2 aromatic rings. The van der Waals surface area contributed by atoms with Crippen molar-refractivity contribution in [1.82, 2.24) is 9.29 Å². The first-order valence-electron chi connectivity index (χ1n) is 5.90. The third-order valence-electron chi connectivity index (χ3n) is 2.87. The number of sulfonamides is 1. The van der Waals surface area contributed by atoms with Crippen molar-refractivity contribution < 1.29 is 17.2 Å². The molecule has 0 unspecified atom stereocenters. The lowest BCUT2D eigenvalue weighted by Gasteiger charge is -2.16. The van der Waals surface area contributed by atoms with Gasteiger partial charge >= 0.3 is 0 Å². The lowest BCUT2D eigenvalue weighted by Crippen LogP contribution is -2.30. The van der Waals surface area contributed by atoms with Crippen molar-refractivity contribution in [2.45, 2.75) is 11.4 Å².